The second-order valence-corrected chi connectivity index (χ2v) is 5.99. The highest BCUT2D eigenvalue weighted by molar-refractivity contribution is 5.75. The summed E-state index contributed by atoms with van der Waals surface area (Å²) in [5.74, 6) is 0.222. The molecule has 0 radical (unpaired) electrons. The van der Waals surface area contributed by atoms with E-state index in [2.05, 4.69) is 12.2 Å². The molecule has 1 aliphatic heterocycles. The summed E-state index contributed by atoms with van der Waals surface area (Å²) in [4.78, 5) is 11.7. The van der Waals surface area contributed by atoms with E-state index in [0.717, 1.165) is 25.8 Å². The molecule has 3 unspecified atom stereocenters. The molecule has 0 aromatic heterocycles. The molecule has 4 nitrogen and oxygen atoms in total. The Morgan fingerprint density at radius 2 is 2.18 bits per heavy atom. The highest BCUT2D eigenvalue weighted by atomic mass is 16.6. The summed E-state index contributed by atoms with van der Waals surface area (Å²) >= 11 is 0. The number of esters is 1. The predicted octanol–water partition coefficient (Wildman–Crippen LogP) is 1.43. The summed E-state index contributed by atoms with van der Waals surface area (Å²) in [5, 5.41) is 3.44. The fourth-order valence-electron chi connectivity index (χ4n) is 2.23. The Morgan fingerprint density at radius 3 is 2.65 bits per heavy atom. The molecule has 1 saturated heterocycles. The van der Waals surface area contributed by atoms with E-state index in [1.165, 1.54) is 0 Å². The first-order valence-electron chi connectivity index (χ1n) is 6.53. The Hall–Kier alpha value is -0.610. The third kappa shape index (κ3) is 5.04. The highest BCUT2D eigenvalue weighted by Crippen LogP contribution is 2.21. The van der Waals surface area contributed by atoms with Gasteiger partial charge in [-0.3, -0.25) is 4.79 Å². The number of nitrogens with one attached hydrogen (secondary N) is 1. The van der Waals surface area contributed by atoms with Crippen LogP contribution in [0.15, 0.2) is 0 Å². The molecule has 1 aliphatic rings. The van der Waals surface area contributed by atoms with Gasteiger partial charge in [-0.25, -0.2) is 0 Å². The van der Waals surface area contributed by atoms with Crippen LogP contribution in [0.2, 0.25) is 0 Å². The zero-order valence-corrected chi connectivity index (χ0v) is 11.5. The molecule has 0 saturated carbocycles. The summed E-state index contributed by atoms with van der Waals surface area (Å²) in [6.45, 7) is 8.73. The average molecular weight is 242 g/mol. The molecule has 1 rings (SSSR count). The molecule has 0 aromatic carbocycles. The molecule has 0 amide bonds. The fourth-order valence-corrected chi connectivity index (χ4v) is 2.23. The number of hydrogen-bond acceptors (Lipinski definition) is 4. The van der Waals surface area contributed by atoms with Crippen molar-refractivity contribution in [2.24, 2.45) is 11.7 Å². The smallest absolute Gasteiger partial charge is 0.323 e. The van der Waals surface area contributed by atoms with Crippen LogP contribution in [-0.4, -0.2) is 30.2 Å². The Kier molecular flexibility index (Phi) is 4.95. The average Bonchev–Trinajstić information content (AvgIpc) is 2.62. The van der Waals surface area contributed by atoms with Gasteiger partial charge in [-0.1, -0.05) is 6.92 Å². The van der Waals surface area contributed by atoms with E-state index in [1.807, 2.05) is 20.8 Å². The maximum absolute atomic E-state index is 11.7. The van der Waals surface area contributed by atoms with Gasteiger partial charge in [-0.15, -0.1) is 0 Å². The molecule has 3 atom stereocenters. The minimum Gasteiger partial charge on any atom is -0.459 e. The zero-order chi connectivity index (χ0) is 13.1. The van der Waals surface area contributed by atoms with Crippen LogP contribution in [0.3, 0.4) is 0 Å². The maximum Gasteiger partial charge on any atom is 0.323 e. The number of ether oxygens (including phenoxy) is 1. The van der Waals surface area contributed by atoms with Gasteiger partial charge in [0.25, 0.3) is 0 Å². The molecule has 1 heterocycles. The van der Waals surface area contributed by atoms with Crippen LogP contribution in [0, 0.1) is 5.92 Å². The monoisotopic (exact) mass is 242 g/mol. The molecule has 0 aromatic rings. The molecule has 100 valence electrons. The standard InChI is InChI=1S/C13H26N2O2/c1-5-10-6-9(8-15-10)7-11(14)12(16)17-13(2,3)4/h9-11,15H,5-8,14H2,1-4H3. The van der Waals surface area contributed by atoms with Crippen molar-refractivity contribution in [3.63, 3.8) is 0 Å². The van der Waals surface area contributed by atoms with E-state index in [0.29, 0.717) is 12.0 Å². The Morgan fingerprint density at radius 1 is 1.53 bits per heavy atom. The molecule has 3 N–H and O–H groups in total. The molecule has 4 heteroatoms. The lowest BCUT2D eigenvalue weighted by Gasteiger charge is -2.23. The van der Waals surface area contributed by atoms with Crippen LogP contribution in [0.4, 0.5) is 0 Å². The summed E-state index contributed by atoms with van der Waals surface area (Å²) in [7, 11) is 0. The van der Waals surface area contributed by atoms with E-state index in [9.17, 15) is 4.79 Å². The van der Waals surface area contributed by atoms with E-state index in [4.69, 9.17) is 10.5 Å². The maximum atomic E-state index is 11.7. The summed E-state index contributed by atoms with van der Waals surface area (Å²) in [6, 6.07) is 0.0995. The zero-order valence-electron chi connectivity index (χ0n) is 11.5. The van der Waals surface area contributed by atoms with Gasteiger partial charge < -0.3 is 15.8 Å². The van der Waals surface area contributed by atoms with Crippen LogP contribution in [0.1, 0.15) is 47.0 Å². The molecular formula is C13H26N2O2. The quantitative estimate of drug-likeness (QED) is 0.732. The van der Waals surface area contributed by atoms with Crippen LogP contribution >= 0.6 is 0 Å². The van der Waals surface area contributed by atoms with Crippen molar-refractivity contribution in [2.75, 3.05) is 6.54 Å². The first kappa shape index (κ1) is 14.5. The largest absolute Gasteiger partial charge is 0.459 e. The van der Waals surface area contributed by atoms with Crippen LogP contribution < -0.4 is 11.1 Å². The second-order valence-electron chi connectivity index (χ2n) is 5.99. The van der Waals surface area contributed by atoms with E-state index >= 15 is 0 Å². The molecule has 0 aliphatic carbocycles. The van der Waals surface area contributed by atoms with Gasteiger partial charge in [-0.2, -0.15) is 0 Å². The number of nitrogens with two attached hydrogens (primary N) is 1. The Labute approximate surface area is 104 Å². The minimum atomic E-state index is -0.489. The summed E-state index contributed by atoms with van der Waals surface area (Å²) < 4.78 is 5.28. The number of hydrogen-bond donors (Lipinski definition) is 2. The molecule has 1 fully saturated rings. The third-order valence-electron chi connectivity index (χ3n) is 3.10. The molecule has 17 heavy (non-hydrogen) atoms. The van der Waals surface area contributed by atoms with E-state index in [1.54, 1.807) is 0 Å². The topological polar surface area (TPSA) is 64.4 Å². The normalized spacial score (nSPS) is 26.9. The van der Waals surface area contributed by atoms with Crippen LogP contribution in [0.5, 0.6) is 0 Å². The van der Waals surface area contributed by atoms with Crippen LogP contribution in [-0.2, 0) is 9.53 Å². The summed E-state index contributed by atoms with van der Waals surface area (Å²) in [5.41, 5.74) is 5.44. The summed E-state index contributed by atoms with van der Waals surface area (Å²) in [6.07, 6.45) is 2.98. The number of rotatable bonds is 4. The lowest BCUT2D eigenvalue weighted by atomic mass is 9.96. The van der Waals surface area contributed by atoms with Gasteiger partial charge in [0.15, 0.2) is 0 Å². The van der Waals surface area contributed by atoms with Gasteiger partial charge in [0, 0.05) is 6.04 Å². The first-order chi connectivity index (χ1) is 7.81. The van der Waals surface area contributed by atoms with Gasteiger partial charge >= 0.3 is 5.97 Å². The van der Waals surface area contributed by atoms with Crippen molar-refractivity contribution in [1.29, 1.82) is 0 Å². The first-order valence-corrected chi connectivity index (χ1v) is 6.53. The Balaban J connectivity index is 2.34. The fraction of sp³-hybridized carbons (Fsp3) is 0.923. The van der Waals surface area contributed by atoms with Crippen molar-refractivity contribution in [3.8, 4) is 0 Å². The molecular weight excluding hydrogens is 216 g/mol. The van der Waals surface area contributed by atoms with Crippen molar-refractivity contribution in [2.45, 2.75) is 64.6 Å². The van der Waals surface area contributed by atoms with Crippen molar-refractivity contribution < 1.29 is 9.53 Å². The second kappa shape index (κ2) is 5.83. The van der Waals surface area contributed by atoms with Gasteiger partial charge in [-0.05, 0) is 52.5 Å². The number of carbonyl (C=O) groups is 1. The van der Waals surface area contributed by atoms with Crippen molar-refractivity contribution in [1.82, 2.24) is 5.32 Å². The molecule has 0 bridgehead atoms. The minimum absolute atomic E-state index is 0.280. The lowest BCUT2D eigenvalue weighted by molar-refractivity contribution is -0.156. The number of carbonyl (C=O) groups excluding carboxylic acids is 1. The van der Waals surface area contributed by atoms with Crippen LogP contribution in [0.25, 0.3) is 0 Å². The molecule has 0 spiro atoms. The third-order valence-corrected chi connectivity index (χ3v) is 3.10. The van der Waals surface area contributed by atoms with Crippen molar-refractivity contribution >= 4 is 5.97 Å². The van der Waals surface area contributed by atoms with Crippen molar-refractivity contribution in [3.05, 3.63) is 0 Å². The predicted molar refractivity (Wildman–Crippen MR) is 68.6 cm³/mol. The highest BCUT2D eigenvalue weighted by Gasteiger charge is 2.28. The van der Waals surface area contributed by atoms with Gasteiger partial charge in [0.1, 0.15) is 11.6 Å². The van der Waals surface area contributed by atoms with Gasteiger partial charge in [0.05, 0.1) is 0 Å². The van der Waals surface area contributed by atoms with Gasteiger partial charge in [0.2, 0.25) is 0 Å². The van der Waals surface area contributed by atoms with E-state index < -0.39 is 11.6 Å². The van der Waals surface area contributed by atoms with E-state index in [-0.39, 0.29) is 5.97 Å². The SMILES string of the molecule is CCC1CC(CC(N)C(=O)OC(C)(C)C)CN1. The Bertz CT molecular complexity index is 261. The lowest BCUT2D eigenvalue weighted by Crippen LogP contribution is -2.38.